The van der Waals surface area contributed by atoms with E-state index in [9.17, 15) is 9.59 Å². The molecule has 4 rings (SSSR count). The predicted molar refractivity (Wildman–Crippen MR) is 108 cm³/mol. The maximum absolute atomic E-state index is 12.7. The number of carbonyl (C=O) groups excluding carboxylic acids is 1. The van der Waals surface area contributed by atoms with Crippen LogP contribution in [-0.4, -0.2) is 22.1 Å². The summed E-state index contributed by atoms with van der Waals surface area (Å²) in [5, 5.41) is 3.74. The van der Waals surface area contributed by atoms with Crippen LogP contribution in [-0.2, 0) is 11.3 Å². The summed E-state index contributed by atoms with van der Waals surface area (Å²) in [6, 6.07) is 14.9. The van der Waals surface area contributed by atoms with Gasteiger partial charge in [0.05, 0.1) is 18.5 Å². The molecule has 1 amide bonds. The van der Waals surface area contributed by atoms with Crippen molar-refractivity contribution in [1.29, 1.82) is 0 Å². The van der Waals surface area contributed by atoms with Gasteiger partial charge in [0.1, 0.15) is 17.0 Å². The van der Waals surface area contributed by atoms with Crippen molar-refractivity contribution in [3.8, 4) is 5.75 Å². The average molecular weight is 379 g/mol. The van der Waals surface area contributed by atoms with Crippen molar-refractivity contribution >= 4 is 43.2 Å². The largest absolute Gasteiger partial charge is 0.494 e. The molecule has 0 atom stereocenters. The van der Waals surface area contributed by atoms with E-state index in [0.29, 0.717) is 22.5 Å². The summed E-state index contributed by atoms with van der Waals surface area (Å²) in [5.74, 6) is 0.453. The Bertz CT molecular complexity index is 1180. The topological polar surface area (TPSA) is 73.2 Å². The quantitative estimate of drug-likeness (QED) is 0.574. The monoisotopic (exact) mass is 379 g/mol. The lowest BCUT2D eigenvalue weighted by molar-refractivity contribution is -0.116. The molecule has 0 aliphatic carbocycles. The van der Waals surface area contributed by atoms with Gasteiger partial charge in [0, 0.05) is 15.8 Å². The molecule has 2 heterocycles. The number of ether oxygens (including phenoxy) is 1. The zero-order valence-electron chi connectivity index (χ0n) is 14.6. The third-order valence-corrected chi connectivity index (χ3v) is 5.26. The first kappa shape index (κ1) is 17.2. The molecule has 2 aromatic carbocycles. The fraction of sp³-hybridized carbons (Fsp3) is 0.150. The molecule has 136 valence electrons. The Hall–Kier alpha value is -3.19. The van der Waals surface area contributed by atoms with Crippen molar-refractivity contribution in [1.82, 2.24) is 9.55 Å². The number of anilines is 1. The van der Waals surface area contributed by atoms with Gasteiger partial charge in [-0.2, -0.15) is 0 Å². The first-order valence-electron chi connectivity index (χ1n) is 8.55. The number of nitrogens with one attached hydrogen (secondary N) is 1. The van der Waals surface area contributed by atoms with Crippen LogP contribution >= 0.6 is 11.3 Å². The molecule has 0 saturated heterocycles. The van der Waals surface area contributed by atoms with Gasteiger partial charge in [-0.3, -0.25) is 14.2 Å². The van der Waals surface area contributed by atoms with Crippen LogP contribution in [0, 0.1) is 0 Å². The number of benzene rings is 2. The lowest BCUT2D eigenvalue weighted by atomic mass is 10.2. The minimum absolute atomic E-state index is 0.0940. The van der Waals surface area contributed by atoms with Crippen molar-refractivity contribution in [2.45, 2.75) is 13.5 Å². The number of hydrogen-bond acceptors (Lipinski definition) is 5. The number of carbonyl (C=O) groups is 1. The number of fused-ring (bicyclic) bond motifs is 3. The van der Waals surface area contributed by atoms with E-state index in [1.165, 1.54) is 22.2 Å². The lowest BCUT2D eigenvalue weighted by Crippen LogP contribution is -2.27. The zero-order valence-corrected chi connectivity index (χ0v) is 15.5. The van der Waals surface area contributed by atoms with E-state index in [1.807, 2.05) is 31.2 Å². The number of amides is 1. The minimum atomic E-state index is -0.288. The molecule has 7 heteroatoms. The number of rotatable bonds is 5. The first-order chi connectivity index (χ1) is 13.2. The second-order valence-corrected chi connectivity index (χ2v) is 7.01. The maximum atomic E-state index is 12.7. The highest BCUT2D eigenvalue weighted by atomic mass is 32.1. The normalized spacial score (nSPS) is 11.0. The Morgan fingerprint density at radius 3 is 2.74 bits per heavy atom. The molecule has 1 N–H and O–H groups in total. The van der Waals surface area contributed by atoms with Crippen molar-refractivity contribution < 1.29 is 9.53 Å². The van der Waals surface area contributed by atoms with Gasteiger partial charge in [-0.15, -0.1) is 11.3 Å². The van der Waals surface area contributed by atoms with Crippen LogP contribution in [0.3, 0.4) is 0 Å². The highest BCUT2D eigenvalue weighted by Crippen LogP contribution is 2.29. The van der Waals surface area contributed by atoms with E-state index in [4.69, 9.17) is 4.74 Å². The molecule has 0 aliphatic rings. The van der Waals surface area contributed by atoms with E-state index >= 15 is 0 Å². The van der Waals surface area contributed by atoms with Gasteiger partial charge in [0.15, 0.2) is 0 Å². The average Bonchev–Trinajstić information content (AvgIpc) is 3.05. The molecule has 6 nitrogen and oxygen atoms in total. The Morgan fingerprint density at radius 2 is 1.96 bits per heavy atom. The summed E-state index contributed by atoms with van der Waals surface area (Å²) >= 11 is 1.40. The summed E-state index contributed by atoms with van der Waals surface area (Å²) in [4.78, 5) is 29.5. The SMILES string of the molecule is CCOc1ccc(NC(=O)Cn2cnc3c(sc4ccccc43)c2=O)cc1. The summed E-state index contributed by atoms with van der Waals surface area (Å²) in [6.07, 6.45) is 1.43. The molecule has 0 fully saturated rings. The molecule has 0 radical (unpaired) electrons. The van der Waals surface area contributed by atoms with E-state index in [1.54, 1.807) is 24.3 Å². The molecule has 0 aliphatic heterocycles. The van der Waals surface area contributed by atoms with Gasteiger partial charge in [-0.25, -0.2) is 4.98 Å². The second-order valence-electron chi connectivity index (χ2n) is 5.96. The van der Waals surface area contributed by atoms with Crippen LogP contribution < -0.4 is 15.6 Å². The van der Waals surface area contributed by atoms with Gasteiger partial charge >= 0.3 is 0 Å². The van der Waals surface area contributed by atoms with Crippen molar-refractivity contribution in [2.75, 3.05) is 11.9 Å². The van der Waals surface area contributed by atoms with Crippen molar-refractivity contribution in [3.63, 3.8) is 0 Å². The predicted octanol–water partition coefficient (Wildman–Crippen LogP) is 3.65. The number of hydrogen-bond donors (Lipinski definition) is 1. The van der Waals surface area contributed by atoms with Gasteiger partial charge < -0.3 is 10.1 Å². The Kier molecular flexibility index (Phi) is 4.60. The molecule has 4 aromatic rings. The maximum Gasteiger partial charge on any atom is 0.271 e. The molecule has 2 aromatic heterocycles. The van der Waals surface area contributed by atoms with Gasteiger partial charge in [0.2, 0.25) is 5.91 Å². The van der Waals surface area contributed by atoms with E-state index in [-0.39, 0.29) is 18.0 Å². The van der Waals surface area contributed by atoms with Crippen LogP contribution in [0.2, 0.25) is 0 Å². The summed E-state index contributed by atoms with van der Waals surface area (Å²) < 4.78 is 8.28. The zero-order chi connectivity index (χ0) is 18.8. The number of thiophene rings is 1. The Labute approximate surface area is 159 Å². The Morgan fingerprint density at radius 1 is 1.19 bits per heavy atom. The Balaban J connectivity index is 1.55. The molecule has 0 unspecified atom stereocenters. The van der Waals surface area contributed by atoms with Crippen LogP contribution in [0.5, 0.6) is 5.75 Å². The standard InChI is InChI=1S/C20H17N3O3S/c1-2-26-14-9-7-13(8-10-14)22-17(24)11-23-12-21-18-15-5-3-4-6-16(15)27-19(18)20(23)25/h3-10,12H,2,11H2,1H3,(H,22,24). The third-order valence-electron chi connectivity index (χ3n) is 4.11. The van der Waals surface area contributed by atoms with Crippen LogP contribution in [0.15, 0.2) is 59.7 Å². The van der Waals surface area contributed by atoms with E-state index in [0.717, 1.165) is 15.8 Å². The molecule has 0 spiro atoms. The van der Waals surface area contributed by atoms with Crippen molar-refractivity contribution in [3.05, 3.63) is 65.2 Å². The second kappa shape index (κ2) is 7.20. The minimum Gasteiger partial charge on any atom is -0.494 e. The van der Waals surface area contributed by atoms with Crippen molar-refractivity contribution in [2.24, 2.45) is 0 Å². The molecule has 0 saturated carbocycles. The molecule has 27 heavy (non-hydrogen) atoms. The van der Waals surface area contributed by atoms with E-state index < -0.39 is 0 Å². The van der Waals surface area contributed by atoms with Gasteiger partial charge in [0.25, 0.3) is 5.56 Å². The van der Waals surface area contributed by atoms with Crippen LogP contribution in [0.1, 0.15) is 6.92 Å². The highest BCUT2D eigenvalue weighted by Gasteiger charge is 2.13. The number of aromatic nitrogens is 2. The fourth-order valence-electron chi connectivity index (χ4n) is 2.88. The summed E-state index contributed by atoms with van der Waals surface area (Å²) in [5.41, 5.74) is 1.12. The fourth-order valence-corrected chi connectivity index (χ4v) is 3.99. The molecule has 0 bridgehead atoms. The van der Waals surface area contributed by atoms with E-state index in [2.05, 4.69) is 10.3 Å². The van der Waals surface area contributed by atoms with Gasteiger partial charge in [-0.05, 0) is 37.3 Å². The lowest BCUT2D eigenvalue weighted by Gasteiger charge is -2.08. The van der Waals surface area contributed by atoms with Gasteiger partial charge in [-0.1, -0.05) is 18.2 Å². The van der Waals surface area contributed by atoms with Crippen LogP contribution in [0.4, 0.5) is 5.69 Å². The third kappa shape index (κ3) is 3.41. The first-order valence-corrected chi connectivity index (χ1v) is 9.37. The smallest absolute Gasteiger partial charge is 0.271 e. The number of nitrogens with zero attached hydrogens (tertiary/aromatic N) is 2. The molecular formula is C20H17N3O3S. The van der Waals surface area contributed by atoms with Crippen LogP contribution in [0.25, 0.3) is 20.3 Å². The highest BCUT2D eigenvalue weighted by molar-refractivity contribution is 7.25. The summed E-state index contributed by atoms with van der Waals surface area (Å²) in [6.45, 7) is 2.40. The summed E-state index contributed by atoms with van der Waals surface area (Å²) in [7, 11) is 0. The molecular weight excluding hydrogens is 362 g/mol.